The summed E-state index contributed by atoms with van der Waals surface area (Å²) >= 11 is 0. The largest absolute Gasteiger partial charge is 0.497 e. The number of hydrogen-bond acceptors (Lipinski definition) is 3. The Kier molecular flexibility index (Phi) is 2.98. The molecule has 0 unspecified atom stereocenters. The van der Waals surface area contributed by atoms with Gasteiger partial charge in [0.25, 0.3) is 0 Å². The summed E-state index contributed by atoms with van der Waals surface area (Å²) in [5.41, 5.74) is 1.67. The third-order valence-electron chi connectivity index (χ3n) is 3.06. The highest BCUT2D eigenvalue weighted by Gasteiger charge is 2.22. The first kappa shape index (κ1) is 10.5. The summed E-state index contributed by atoms with van der Waals surface area (Å²) in [5, 5.41) is 18.3. The Morgan fingerprint density at radius 3 is 2.47 bits per heavy atom. The molecule has 1 aromatic carbocycles. The van der Waals surface area contributed by atoms with Crippen molar-refractivity contribution >= 4 is 12.6 Å². The molecule has 4 heteroatoms. The van der Waals surface area contributed by atoms with Crippen molar-refractivity contribution in [1.29, 1.82) is 0 Å². The van der Waals surface area contributed by atoms with Gasteiger partial charge < -0.3 is 14.8 Å². The third-order valence-corrected chi connectivity index (χ3v) is 3.06. The number of benzene rings is 1. The molecule has 0 heterocycles. The zero-order valence-electron chi connectivity index (χ0n) is 8.81. The average molecular weight is 206 g/mol. The third kappa shape index (κ3) is 2.16. The smallest absolute Gasteiger partial charge is 0.488 e. The lowest BCUT2D eigenvalue weighted by Crippen LogP contribution is -2.30. The van der Waals surface area contributed by atoms with Crippen molar-refractivity contribution in [2.45, 2.75) is 25.2 Å². The van der Waals surface area contributed by atoms with Gasteiger partial charge in [0.1, 0.15) is 5.75 Å². The predicted molar refractivity (Wildman–Crippen MR) is 59.4 cm³/mol. The van der Waals surface area contributed by atoms with Gasteiger partial charge in [0.05, 0.1) is 7.11 Å². The van der Waals surface area contributed by atoms with E-state index in [0.29, 0.717) is 17.1 Å². The summed E-state index contributed by atoms with van der Waals surface area (Å²) in [5.74, 6) is 1.26. The minimum atomic E-state index is -1.42. The molecule has 1 aliphatic rings. The number of ether oxygens (including phenoxy) is 1. The lowest BCUT2D eigenvalue weighted by Gasteiger charge is -2.26. The molecule has 1 fully saturated rings. The monoisotopic (exact) mass is 206 g/mol. The topological polar surface area (TPSA) is 49.7 Å². The summed E-state index contributed by atoms with van der Waals surface area (Å²) in [6, 6.07) is 5.50. The van der Waals surface area contributed by atoms with E-state index in [9.17, 15) is 0 Å². The molecular weight excluding hydrogens is 191 g/mol. The van der Waals surface area contributed by atoms with Crippen LogP contribution in [-0.4, -0.2) is 24.3 Å². The first-order valence-corrected chi connectivity index (χ1v) is 5.25. The molecule has 3 nitrogen and oxygen atoms in total. The summed E-state index contributed by atoms with van der Waals surface area (Å²) in [4.78, 5) is 0. The molecule has 0 aliphatic heterocycles. The number of rotatable bonds is 3. The van der Waals surface area contributed by atoms with Crippen molar-refractivity contribution in [3.63, 3.8) is 0 Å². The molecule has 0 atom stereocenters. The van der Waals surface area contributed by atoms with Gasteiger partial charge in [-0.1, -0.05) is 12.5 Å². The second-order valence-electron chi connectivity index (χ2n) is 4.04. The Labute approximate surface area is 89.8 Å². The minimum absolute atomic E-state index is 0.510. The van der Waals surface area contributed by atoms with Crippen LogP contribution in [0.5, 0.6) is 5.75 Å². The van der Waals surface area contributed by atoms with E-state index in [2.05, 4.69) is 0 Å². The Morgan fingerprint density at radius 2 is 2.00 bits per heavy atom. The van der Waals surface area contributed by atoms with Crippen molar-refractivity contribution in [2.75, 3.05) is 7.11 Å². The molecule has 0 amide bonds. The molecule has 0 radical (unpaired) electrons. The molecule has 0 aromatic heterocycles. The van der Waals surface area contributed by atoms with Gasteiger partial charge in [-0.05, 0) is 41.9 Å². The second kappa shape index (κ2) is 4.25. The van der Waals surface area contributed by atoms with Gasteiger partial charge in [-0.15, -0.1) is 0 Å². The van der Waals surface area contributed by atoms with Crippen LogP contribution in [0.1, 0.15) is 30.7 Å². The lowest BCUT2D eigenvalue weighted by atomic mass is 9.74. The molecule has 1 aliphatic carbocycles. The van der Waals surface area contributed by atoms with E-state index in [0.717, 1.165) is 5.56 Å². The van der Waals surface area contributed by atoms with Gasteiger partial charge >= 0.3 is 7.12 Å². The summed E-state index contributed by atoms with van der Waals surface area (Å²) in [6.45, 7) is 0. The maximum absolute atomic E-state index is 9.14. The first-order valence-electron chi connectivity index (χ1n) is 5.25. The van der Waals surface area contributed by atoms with Crippen molar-refractivity contribution in [3.05, 3.63) is 23.8 Å². The molecule has 0 spiro atoms. The van der Waals surface area contributed by atoms with Crippen LogP contribution in [0, 0.1) is 0 Å². The van der Waals surface area contributed by atoms with Gasteiger partial charge in [-0.3, -0.25) is 0 Å². The fraction of sp³-hybridized carbons (Fsp3) is 0.455. The maximum atomic E-state index is 9.14. The molecule has 1 aromatic rings. The minimum Gasteiger partial charge on any atom is -0.497 e. The fourth-order valence-corrected chi connectivity index (χ4v) is 1.89. The van der Waals surface area contributed by atoms with Crippen LogP contribution in [0.15, 0.2) is 18.2 Å². The highest BCUT2D eigenvalue weighted by molar-refractivity contribution is 6.58. The highest BCUT2D eigenvalue weighted by atomic mass is 16.5. The van der Waals surface area contributed by atoms with Gasteiger partial charge in [0.2, 0.25) is 0 Å². The van der Waals surface area contributed by atoms with E-state index in [1.165, 1.54) is 19.3 Å². The maximum Gasteiger partial charge on any atom is 0.488 e. The van der Waals surface area contributed by atoms with Gasteiger partial charge in [-0.25, -0.2) is 0 Å². The normalized spacial score (nSPS) is 15.9. The second-order valence-corrected chi connectivity index (χ2v) is 4.04. The number of hydrogen-bond donors (Lipinski definition) is 2. The molecule has 80 valence electrons. The van der Waals surface area contributed by atoms with Crippen LogP contribution in [-0.2, 0) is 0 Å². The zero-order chi connectivity index (χ0) is 10.8. The van der Waals surface area contributed by atoms with Crippen LogP contribution in [0.4, 0.5) is 0 Å². The Bertz CT molecular complexity index is 348. The molecular formula is C11H15BO3. The van der Waals surface area contributed by atoms with Crippen molar-refractivity contribution < 1.29 is 14.8 Å². The van der Waals surface area contributed by atoms with Crippen LogP contribution in [0.2, 0.25) is 0 Å². The van der Waals surface area contributed by atoms with Crippen molar-refractivity contribution in [3.8, 4) is 5.75 Å². The standard InChI is InChI=1S/C11H15BO3/c1-15-11-6-9(8-3-2-4-8)5-10(7-11)12(13)14/h5-8,13-14H,2-4H2,1H3. The van der Waals surface area contributed by atoms with E-state index >= 15 is 0 Å². The summed E-state index contributed by atoms with van der Waals surface area (Å²) < 4.78 is 5.14. The van der Waals surface area contributed by atoms with Gasteiger partial charge in [0.15, 0.2) is 0 Å². The Morgan fingerprint density at radius 1 is 1.27 bits per heavy atom. The van der Waals surface area contributed by atoms with Gasteiger partial charge in [-0.2, -0.15) is 0 Å². The molecule has 1 saturated carbocycles. The Hall–Kier alpha value is -0.995. The lowest BCUT2D eigenvalue weighted by molar-refractivity contribution is 0.400. The highest BCUT2D eigenvalue weighted by Crippen LogP contribution is 2.37. The fourth-order valence-electron chi connectivity index (χ4n) is 1.89. The van der Waals surface area contributed by atoms with E-state index in [1.807, 2.05) is 12.1 Å². The van der Waals surface area contributed by atoms with Crippen molar-refractivity contribution in [2.24, 2.45) is 0 Å². The van der Waals surface area contributed by atoms with Crippen LogP contribution in [0.3, 0.4) is 0 Å². The van der Waals surface area contributed by atoms with Crippen LogP contribution in [0.25, 0.3) is 0 Å². The summed E-state index contributed by atoms with van der Waals surface area (Å²) in [6.07, 6.45) is 3.64. The zero-order valence-corrected chi connectivity index (χ0v) is 8.81. The summed E-state index contributed by atoms with van der Waals surface area (Å²) in [7, 11) is 0.173. The van der Waals surface area contributed by atoms with E-state index in [-0.39, 0.29) is 0 Å². The van der Waals surface area contributed by atoms with Crippen LogP contribution >= 0.6 is 0 Å². The molecule has 15 heavy (non-hydrogen) atoms. The quantitative estimate of drug-likeness (QED) is 0.713. The van der Waals surface area contributed by atoms with E-state index in [4.69, 9.17) is 14.8 Å². The van der Waals surface area contributed by atoms with Crippen molar-refractivity contribution in [1.82, 2.24) is 0 Å². The van der Waals surface area contributed by atoms with Crippen LogP contribution < -0.4 is 10.2 Å². The molecule has 2 rings (SSSR count). The molecule has 0 bridgehead atoms. The van der Waals surface area contributed by atoms with E-state index in [1.54, 1.807) is 13.2 Å². The Balaban J connectivity index is 2.32. The van der Waals surface area contributed by atoms with Gasteiger partial charge in [0, 0.05) is 0 Å². The number of methoxy groups -OCH3 is 1. The molecule has 0 saturated heterocycles. The molecule has 2 N–H and O–H groups in total. The van der Waals surface area contributed by atoms with E-state index < -0.39 is 7.12 Å². The predicted octanol–water partition coefficient (Wildman–Crippen LogP) is 0.642. The first-order chi connectivity index (χ1) is 7.20. The SMILES string of the molecule is COc1cc(B(O)O)cc(C2CCC2)c1. The average Bonchev–Trinajstić information content (AvgIpc) is 2.14.